The summed E-state index contributed by atoms with van der Waals surface area (Å²) < 4.78 is 47.1. The van der Waals surface area contributed by atoms with Crippen LogP contribution in [0.1, 0.15) is 45.4 Å². The number of anilines is 2. The average molecular weight is 487 g/mol. The second-order valence-corrected chi connectivity index (χ2v) is 8.30. The zero-order chi connectivity index (χ0) is 24.9. The normalized spacial score (nSPS) is 11.5. The van der Waals surface area contributed by atoms with Crippen molar-refractivity contribution in [2.45, 2.75) is 50.3 Å². The van der Waals surface area contributed by atoms with Crippen LogP contribution in [0.4, 0.5) is 16.2 Å². The van der Waals surface area contributed by atoms with Crippen LogP contribution in [-0.2, 0) is 33.9 Å². The molecule has 12 heteroatoms. The van der Waals surface area contributed by atoms with Crippen LogP contribution < -0.4 is 10.6 Å². The summed E-state index contributed by atoms with van der Waals surface area (Å²) in [4.78, 5) is 34.9. The lowest BCUT2D eigenvalue weighted by molar-refractivity contribution is -0.138. The third-order valence-corrected chi connectivity index (χ3v) is 5.28. The van der Waals surface area contributed by atoms with E-state index in [9.17, 15) is 27.4 Å². The molecule has 0 heterocycles. The number of ether oxygens (including phenoxy) is 3. The standard InChI is InChI=1S/C21H30N2O9S/c1-4-5-6-7-8-9-12-32-21(26)22-15-10-11-18(33(27,28)29)16(13-15)23-17(20(25)31-3)14-19(24)30-2/h10-11,13-14,23H,4-9,12H2,1-3H3,(H,22,26)(H,27,28,29)/b17-14+. The molecule has 0 bridgehead atoms. The van der Waals surface area contributed by atoms with Crippen LogP contribution in [0.2, 0.25) is 0 Å². The van der Waals surface area contributed by atoms with Crippen LogP contribution in [0.3, 0.4) is 0 Å². The van der Waals surface area contributed by atoms with Gasteiger partial charge >= 0.3 is 18.0 Å². The lowest BCUT2D eigenvalue weighted by Crippen LogP contribution is -2.18. The molecular formula is C21H30N2O9S. The fourth-order valence-corrected chi connectivity index (χ4v) is 3.34. The molecule has 0 spiro atoms. The first-order chi connectivity index (χ1) is 15.6. The number of unbranched alkanes of at least 4 members (excludes halogenated alkanes) is 5. The molecule has 33 heavy (non-hydrogen) atoms. The predicted octanol–water partition coefficient (Wildman–Crippen LogP) is 3.48. The fourth-order valence-electron chi connectivity index (χ4n) is 2.71. The van der Waals surface area contributed by atoms with Crippen molar-refractivity contribution in [2.24, 2.45) is 0 Å². The van der Waals surface area contributed by atoms with Gasteiger partial charge in [-0.15, -0.1) is 0 Å². The number of methoxy groups -OCH3 is 2. The molecule has 0 saturated carbocycles. The van der Waals surface area contributed by atoms with Gasteiger partial charge in [0.2, 0.25) is 0 Å². The van der Waals surface area contributed by atoms with Gasteiger partial charge in [-0.05, 0) is 24.6 Å². The molecule has 1 aromatic rings. The Hall–Kier alpha value is -3.12. The Morgan fingerprint density at radius 1 is 1.00 bits per heavy atom. The van der Waals surface area contributed by atoms with E-state index in [0.29, 0.717) is 6.42 Å². The lowest BCUT2D eigenvalue weighted by atomic mass is 10.1. The molecule has 11 nitrogen and oxygen atoms in total. The van der Waals surface area contributed by atoms with Gasteiger partial charge in [-0.2, -0.15) is 8.42 Å². The Balaban J connectivity index is 2.96. The quantitative estimate of drug-likeness (QED) is 0.124. The van der Waals surface area contributed by atoms with Crippen LogP contribution in [0, 0.1) is 0 Å². The molecule has 0 atom stereocenters. The van der Waals surface area contributed by atoms with E-state index in [0.717, 1.165) is 58.1 Å². The van der Waals surface area contributed by atoms with Crippen molar-refractivity contribution in [3.8, 4) is 0 Å². The summed E-state index contributed by atoms with van der Waals surface area (Å²) in [5, 5.41) is 4.85. The Labute approximate surface area is 193 Å². The van der Waals surface area contributed by atoms with Crippen LogP contribution >= 0.6 is 0 Å². The van der Waals surface area contributed by atoms with E-state index in [4.69, 9.17) is 4.74 Å². The van der Waals surface area contributed by atoms with E-state index < -0.39 is 38.7 Å². The van der Waals surface area contributed by atoms with Crippen LogP contribution in [0.15, 0.2) is 34.9 Å². The van der Waals surface area contributed by atoms with Gasteiger partial charge in [-0.3, -0.25) is 9.87 Å². The molecule has 1 rings (SSSR count). The average Bonchev–Trinajstić information content (AvgIpc) is 2.76. The predicted molar refractivity (Wildman–Crippen MR) is 120 cm³/mol. The van der Waals surface area contributed by atoms with Gasteiger partial charge in [0.1, 0.15) is 10.6 Å². The van der Waals surface area contributed by atoms with Crippen LogP contribution in [0.5, 0.6) is 0 Å². The van der Waals surface area contributed by atoms with E-state index in [2.05, 4.69) is 27.0 Å². The van der Waals surface area contributed by atoms with Gasteiger partial charge in [0, 0.05) is 5.69 Å². The Morgan fingerprint density at radius 3 is 2.27 bits per heavy atom. The molecule has 0 aliphatic carbocycles. The number of amides is 1. The second kappa shape index (κ2) is 14.1. The number of nitrogens with one attached hydrogen (secondary N) is 2. The maximum Gasteiger partial charge on any atom is 0.411 e. The van der Waals surface area contributed by atoms with E-state index in [1.807, 2.05) is 0 Å². The summed E-state index contributed by atoms with van der Waals surface area (Å²) in [6.07, 6.45) is 6.15. The van der Waals surface area contributed by atoms with Crippen molar-refractivity contribution in [1.82, 2.24) is 0 Å². The molecule has 184 valence electrons. The Kier molecular flexibility index (Phi) is 11.9. The molecule has 0 aliphatic heterocycles. The number of hydrogen-bond acceptors (Lipinski definition) is 9. The van der Waals surface area contributed by atoms with Crippen molar-refractivity contribution in [3.05, 3.63) is 30.0 Å². The van der Waals surface area contributed by atoms with Gasteiger partial charge in [-0.25, -0.2) is 14.4 Å². The van der Waals surface area contributed by atoms with Crippen LogP contribution in [-0.4, -0.2) is 51.8 Å². The minimum Gasteiger partial charge on any atom is -0.466 e. The molecule has 0 aromatic heterocycles. The highest BCUT2D eigenvalue weighted by molar-refractivity contribution is 7.86. The smallest absolute Gasteiger partial charge is 0.411 e. The molecule has 3 N–H and O–H groups in total. The van der Waals surface area contributed by atoms with Crippen molar-refractivity contribution in [1.29, 1.82) is 0 Å². The molecule has 1 aromatic carbocycles. The maximum absolute atomic E-state index is 12.0. The van der Waals surface area contributed by atoms with Crippen molar-refractivity contribution in [2.75, 3.05) is 31.5 Å². The SMILES string of the molecule is CCCCCCCCOC(=O)Nc1ccc(S(=O)(=O)O)c(N/C(=C/C(=O)OC)C(=O)OC)c1. The minimum atomic E-state index is -4.72. The summed E-state index contributed by atoms with van der Waals surface area (Å²) in [6.45, 7) is 2.35. The number of benzene rings is 1. The zero-order valence-electron chi connectivity index (χ0n) is 18.9. The molecule has 0 aliphatic rings. The monoisotopic (exact) mass is 486 g/mol. The first-order valence-corrected chi connectivity index (χ1v) is 11.8. The lowest BCUT2D eigenvalue weighted by Gasteiger charge is -2.14. The summed E-state index contributed by atoms with van der Waals surface area (Å²) in [5.41, 5.74) is -0.649. The molecule has 0 saturated heterocycles. The number of esters is 2. The summed E-state index contributed by atoms with van der Waals surface area (Å²) in [6, 6.07) is 3.37. The third kappa shape index (κ3) is 10.4. The first kappa shape index (κ1) is 27.9. The minimum absolute atomic E-state index is 0.111. The summed E-state index contributed by atoms with van der Waals surface area (Å²) in [5.74, 6) is -1.91. The van der Waals surface area contributed by atoms with Crippen molar-refractivity contribution in [3.63, 3.8) is 0 Å². The Morgan fingerprint density at radius 2 is 1.67 bits per heavy atom. The largest absolute Gasteiger partial charge is 0.466 e. The second-order valence-electron chi connectivity index (χ2n) is 6.91. The van der Waals surface area contributed by atoms with E-state index in [1.165, 1.54) is 12.5 Å². The molecule has 0 radical (unpaired) electrons. The summed E-state index contributed by atoms with van der Waals surface area (Å²) >= 11 is 0. The highest BCUT2D eigenvalue weighted by Crippen LogP contribution is 2.27. The van der Waals surface area contributed by atoms with Crippen LogP contribution in [0.25, 0.3) is 0 Å². The number of carbonyl (C=O) groups is 3. The molecule has 0 unspecified atom stereocenters. The fraction of sp³-hybridized carbons (Fsp3) is 0.476. The van der Waals surface area contributed by atoms with E-state index >= 15 is 0 Å². The number of rotatable bonds is 13. The topological polar surface area (TPSA) is 157 Å². The third-order valence-electron chi connectivity index (χ3n) is 4.37. The molecule has 0 fully saturated rings. The Bertz CT molecular complexity index is 958. The van der Waals surface area contributed by atoms with Crippen molar-refractivity contribution >= 4 is 39.5 Å². The van der Waals surface area contributed by atoms with E-state index in [1.54, 1.807) is 0 Å². The zero-order valence-corrected chi connectivity index (χ0v) is 19.7. The maximum atomic E-state index is 12.0. The highest BCUT2D eigenvalue weighted by Gasteiger charge is 2.21. The van der Waals surface area contributed by atoms with Gasteiger partial charge in [-0.1, -0.05) is 39.0 Å². The molecular weight excluding hydrogens is 456 g/mol. The van der Waals surface area contributed by atoms with Gasteiger partial charge in [0.25, 0.3) is 10.1 Å². The van der Waals surface area contributed by atoms with E-state index in [-0.39, 0.29) is 18.0 Å². The number of hydrogen-bond donors (Lipinski definition) is 3. The summed E-state index contributed by atoms with van der Waals surface area (Å²) in [7, 11) is -2.59. The highest BCUT2D eigenvalue weighted by atomic mass is 32.2. The van der Waals surface area contributed by atoms with Gasteiger partial charge in [0.15, 0.2) is 0 Å². The van der Waals surface area contributed by atoms with Gasteiger partial charge < -0.3 is 19.5 Å². The number of carbonyl (C=O) groups excluding carboxylic acids is 3. The molecule has 1 amide bonds. The first-order valence-electron chi connectivity index (χ1n) is 10.3. The van der Waals surface area contributed by atoms with Crippen molar-refractivity contribution < 1.29 is 41.6 Å². The van der Waals surface area contributed by atoms with Gasteiger partial charge in [0.05, 0.1) is 32.6 Å².